The molecule has 156 valence electrons. The molecule has 5 nitrogen and oxygen atoms in total. The number of ether oxygens (including phenoxy) is 4. The highest BCUT2D eigenvalue weighted by molar-refractivity contribution is 6.04. The predicted molar refractivity (Wildman–Crippen MR) is 116 cm³/mol. The maximum Gasteiger partial charge on any atom is 0.145 e. The molecule has 1 aliphatic rings. The van der Waals surface area contributed by atoms with Crippen LogP contribution in [0.1, 0.15) is 35.1 Å². The Morgan fingerprint density at radius 3 is 2.24 bits per heavy atom. The molecular weight excluding hydrogens is 366 g/mol. The largest absolute Gasteiger partial charge is 0.496 e. The van der Waals surface area contributed by atoms with Crippen LogP contribution < -0.4 is 9.47 Å². The van der Waals surface area contributed by atoms with E-state index in [2.05, 4.69) is 38.1 Å². The average molecular weight is 398 g/mol. The van der Waals surface area contributed by atoms with E-state index in [4.69, 9.17) is 23.9 Å². The Morgan fingerprint density at radius 2 is 1.62 bits per heavy atom. The Hall–Kier alpha value is -2.37. The predicted octanol–water partition coefficient (Wildman–Crippen LogP) is 4.81. The number of hydrogen-bond acceptors (Lipinski definition) is 5. The molecule has 0 radical (unpaired) electrons. The van der Waals surface area contributed by atoms with Crippen molar-refractivity contribution in [3.8, 4) is 11.5 Å². The van der Waals surface area contributed by atoms with Gasteiger partial charge in [0.05, 0.1) is 26.0 Å². The molecule has 0 fully saturated rings. The van der Waals surface area contributed by atoms with E-state index in [9.17, 15) is 0 Å². The highest BCUT2D eigenvalue weighted by Gasteiger charge is 2.18. The van der Waals surface area contributed by atoms with Gasteiger partial charge in [0.1, 0.15) is 17.6 Å². The van der Waals surface area contributed by atoms with Gasteiger partial charge in [0.2, 0.25) is 0 Å². The summed E-state index contributed by atoms with van der Waals surface area (Å²) in [6.07, 6.45) is 2.99. The molecule has 0 aliphatic heterocycles. The molecule has 0 amide bonds. The summed E-state index contributed by atoms with van der Waals surface area (Å²) in [5, 5.41) is 0. The van der Waals surface area contributed by atoms with Gasteiger partial charge in [-0.05, 0) is 74.1 Å². The molecule has 3 rings (SSSR count). The standard InChI is InChI=1S/C24H31NO4/c1-16-11-19(12-17(2)24(16)28-5)25-23-8-6-7-18-9-10-20(13-22(18)23)29-21(14-26-3)15-27-4/h9-13,21H,6-8,14-15H2,1-5H3. The SMILES string of the molecule is COCC(COC)Oc1ccc2c(c1)C(=Nc1cc(C)c(OC)c(C)c1)CCC2. The lowest BCUT2D eigenvalue weighted by Crippen LogP contribution is -2.27. The molecule has 0 N–H and O–H groups in total. The summed E-state index contributed by atoms with van der Waals surface area (Å²) in [6, 6.07) is 10.5. The van der Waals surface area contributed by atoms with E-state index >= 15 is 0 Å². The average Bonchev–Trinajstić information content (AvgIpc) is 2.69. The smallest absolute Gasteiger partial charge is 0.145 e. The zero-order valence-corrected chi connectivity index (χ0v) is 18.1. The first-order valence-electron chi connectivity index (χ1n) is 10.1. The third-order valence-corrected chi connectivity index (χ3v) is 5.17. The Morgan fingerprint density at radius 1 is 0.931 bits per heavy atom. The molecule has 29 heavy (non-hydrogen) atoms. The van der Waals surface area contributed by atoms with Gasteiger partial charge in [0, 0.05) is 25.5 Å². The Labute approximate surface area is 173 Å². The molecule has 1 aliphatic carbocycles. The van der Waals surface area contributed by atoms with Crippen molar-refractivity contribution in [3.05, 3.63) is 52.6 Å². The molecule has 0 spiro atoms. The van der Waals surface area contributed by atoms with Gasteiger partial charge < -0.3 is 18.9 Å². The number of nitrogens with zero attached hydrogens (tertiary/aromatic N) is 1. The second kappa shape index (κ2) is 9.90. The van der Waals surface area contributed by atoms with Crippen LogP contribution in [-0.2, 0) is 15.9 Å². The molecule has 5 heteroatoms. The van der Waals surface area contributed by atoms with E-state index in [1.807, 2.05) is 6.07 Å². The van der Waals surface area contributed by atoms with Crippen molar-refractivity contribution in [2.45, 2.75) is 39.2 Å². The minimum atomic E-state index is -0.140. The van der Waals surface area contributed by atoms with Crippen LogP contribution in [0.15, 0.2) is 35.3 Å². The van der Waals surface area contributed by atoms with Crippen LogP contribution in [0.2, 0.25) is 0 Å². The zero-order chi connectivity index (χ0) is 20.8. The van der Waals surface area contributed by atoms with Crippen LogP contribution in [0.3, 0.4) is 0 Å². The Balaban J connectivity index is 1.92. The summed E-state index contributed by atoms with van der Waals surface area (Å²) in [5.41, 5.74) is 6.76. The van der Waals surface area contributed by atoms with Crippen molar-refractivity contribution in [2.24, 2.45) is 4.99 Å². The lowest BCUT2D eigenvalue weighted by Gasteiger charge is -2.22. The van der Waals surface area contributed by atoms with Gasteiger partial charge >= 0.3 is 0 Å². The quantitative estimate of drug-likeness (QED) is 0.641. The lowest BCUT2D eigenvalue weighted by atomic mass is 9.89. The van der Waals surface area contributed by atoms with E-state index < -0.39 is 0 Å². The van der Waals surface area contributed by atoms with Crippen molar-refractivity contribution in [2.75, 3.05) is 34.5 Å². The number of methoxy groups -OCH3 is 3. The number of fused-ring (bicyclic) bond motifs is 1. The van der Waals surface area contributed by atoms with Gasteiger partial charge in [0.15, 0.2) is 0 Å². The fourth-order valence-corrected chi connectivity index (χ4v) is 3.96. The minimum Gasteiger partial charge on any atom is -0.496 e. The summed E-state index contributed by atoms with van der Waals surface area (Å²) >= 11 is 0. The maximum atomic E-state index is 6.11. The van der Waals surface area contributed by atoms with Crippen molar-refractivity contribution in [1.82, 2.24) is 0 Å². The first kappa shape index (κ1) is 21.3. The molecule has 0 heterocycles. The van der Waals surface area contributed by atoms with Crippen LogP contribution in [0.4, 0.5) is 5.69 Å². The van der Waals surface area contributed by atoms with Crippen LogP contribution in [0.25, 0.3) is 0 Å². The second-order valence-electron chi connectivity index (χ2n) is 7.49. The number of benzene rings is 2. The van der Waals surface area contributed by atoms with Gasteiger partial charge in [0.25, 0.3) is 0 Å². The highest BCUT2D eigenvalue weighted by Crippen LogP contribution is 2.32. The fraction of sp³-hybridized carbons (Fsp3) is 0.458. The summed E-state index contributed by atoms with van der Waals surface area (Å²) in [4.78, 5) is 5.01. The second-order valence-corrected chi connectivity index (χ2v) is 7.49. The van der Waals surface area contributed by atoms with E-state index in [0.29, 0.717) is 13.2 Å². The van der Waals surface area contributed by atoms with E-state index in [1.165, 1.54) is 11.1 Å². The Bertz CT molecular complexity index is 846. The summed E-state index contributed by atoms with van der Waals surface area (Å²) < 4.78 is 22.1. The van der Waals surface area contributed by atoms with Crippen molar-refractivity contribution in [3.63, 3.8) is 0 Å². The van der Waals surface area contributed by atoms with Crippen LogP contribution >= 0.6 is 0 Å². The number of hydrogen-bond donors (Lipinski definition) is 0. The van der Waals surface area contributed by atoms with E-state index in [1.54, 1.807) is 21.3 Å². The summed E-state index contributed by atoms with van der Waals surface area (Å²) in [7, 11) is 5.05. The minimum absolute atomic E-state index is 0.140. The molecule has 0 aromatic heterocycles. The number of rotatable bonds is 8. The molecule has 0 atom stereocenters. The van der Waals surface area contributed by atoms with Crippen LogP contribution in [0.5, 0.6) is 11.5 Å². The van der Waals surface area contributed by atoms with Crippen LogP contribution in [0, 0.1) is 13.8 Å². The molecule has 2 aromatic carbocycles. The fourth-order valence-electron chi connectivity index (χ4n) is 3.96. The lowest BCUT2D eigenvalue weighted by molar-refractivity contribution is 0.0245. The highest BCUT2D eigenvalue weighted by atomic mass is 16.6. The molecule has 0 unspecified atom stereocenters. The number of aryl methyl sites for hydroxylation is 3. The normalized spacial score (nSPS) is 14.9. The summed E-state index contributed by atoms with van der Waals surface area (Å²) in [5.74, 6) is 1.75. The van der Waals surface area contributed by atoms with Gasteiger partial charge in [-0.15, -0.1) is 0 Å². The van der Waals surface area contributed by atoms with Gasteiger partial charge in [-0.25, -0.2) is 0 Å². The zero-order valence-electron chi connectivity index (χ0n) is 18.1. The topological polar surface area (TPSA) is 49.3 Å². The van der Waals surface area contributed by atoms with E-state index in [0.717, 1.165) is 53.3 Å². The first-order chi connectivity index (χ1) is 14.0. The maximum absolute atomic E-state index is 6.11. The third kappa shape index (κ3) is 5.17. The van der Waals surface area contributed by atoms with Crippen LogP contribution in [-0.4, -0.2) is 46.4 Å². The molecule has 0 bridgehead atoms. The van der Waals surface area contributed by atoms with Gasteiger partial charge in [-0.3, -0.25) is 4.99 Å². The third-order valence-electron chi connectivity index (χ3n) is 5.17. The monoisotopic (exact) mass is 397 g/mol. The molecule has 0 saturated carbocycles. The van der Waals surface area contributed by atoms with Crippen molar-refractivity contribution in [1.29, 1.82) is 0 Å². The molecule has 0 saturated heterocycles. The van der Waals surface area contributed by atoms with Gasteiger partial charge in [-0.1, -0.05) is 6.07 Å². The first-order valence-corrected chi connectivity index (χ1v) is 10.1. The number of aliphatic imine (C=N–C) groups is 1. The molecular formula is C24H31NO4. The Kier molecular flexibility index (Phi) is 7.29. The van der Waals surface area contributed by atoms with Gasteiger partial charge in [-0.2, -0.15) is 0 Å². The van der Waals surface area contributed by atoms with Crippen molar-refractivity contribution < 1.29 is 18.9 Å². The summed E-state index contributed by atoms with van der Waals surface area (Å²) in [6.45, 7) is 5.08. The molecule has 2 aromatic rings. The van der Waals surface area contributed by atoms with E-state index in [-0.39, 0.29) is 6.10 Å². The van der Waals surface area contributed by atoms with Crippen molar-refractivity contribution >= 4 is 11.4 Å².